The topological polar surface area (TPSA) is 86.4 Å². The Bertz CT molecular complexity index is 876. The SMILES string of the molecule is Cc1ccc(Nc2c([N+](=O)[O-])c3n(c(=O)c2C)CCO3)c(F)c1. The van der Waals surface area contributed by atoms with Crippen molar-refractivity contribution < 1.29 is 14.1 Å². The molecule has 0 saturated carbocycles. The molecule has 0 aliphatic carbocycles. The van der Waals surface area contributed by atoms with Gasteiger partial charge in [0.25, 0.3) is 11.4 Å². The standard InChI is InChI=1S/C15H14FN3O4/c1-8-3-4-11(10(16)7-8)17-12-9(2)14(20)18-5-6-23-15(18)13(12)19(21)22/h3-4,7,17H,5-6H2,1-2H3. The number of pyridine rings is 1. The van der Waals surface area contributed by atoms with Gasteiger partial charge in [-0.3, -0.25) is 19.5 Å². The molecule has 0 amide bonds. The largest absolute Gasteiger partial charge is 0.472 e. The van der Waals surface area contributed by atoms with Gasteiger partial charge in [-0.1, -0.05) is 6.07 Å². The quantitative estimate of drug-likeness (QED) is 0.694. The van der Waals surface area contributed by atoms with Gasteiger partial charge in [-0.2, -0.15) is 0 Å². The number of hydrogen-bond donors (Lipinski definition) is 1. The summed E-state index contributed by atoms with van der Waals surface area (Å²) in [4.78, 5) is 23.1. The molecule has 0 fully saturated rings. The van der Waals surface area contributed by atoms with E-state index in [0.29, 0.717) is 0 Å². The molecular weight excluding hydrogens is 305 g/mol. The molecule has 7 nitrogen and oxygen atoms in total. The van der Waals surface area contributed by atoms with E-state index < -0.39 is 16.3 Å². The van der Waals surface area contributed by atoms with E-state index in [1.165, 1.54) is 23.6 Å². The number of aryl methyl sites for hydroxylation is 1. The molecule has 8 heteroatoms. The Morgan fingerprint density at radius 3 is 2.78 bits per heavy atom. The Hall–Kier alpha value is -2.90. The predicted molar refractivity (Wildman–Crippen MR) is 82.0 cm³/mol. The monoisotopic (exact) mass is 319 g/mol. The van der Waals surface area contributed by atoms with Crippen molar-refractivity contribution in [1.29, 1.82) is 0 Å². The number of anilines is 2. The molecule has 0 unspecified atom stereocenters. The highest BCUT2D eigenvalue weighted by Gasteiger charge is 2.32. The number of nitrogens with zero attached hydrogens (tertiary/aromatic N) is 2. The van der Waals surface area contributed by atoms with Gasteiger partial charge in [0.15, 0.2) is 0 Å². The average molecular weight is 319 g/mol. The van der Waals surface area contributed by atoms with Crippen molar-refractivity contribution >= 4 is 17.1 Å². The Labute approximate surface area is 130 Å². The van der Waals surface area contributed by atoms with E-state index in [1.54, 1.807) is 13.0 Å². The van der Waals surface area contributed by atoms with Gasteiger partial charge in [0, 0.05) is 5.56 Å². The summed E-state index contributed by atoms with van der Waals surface area (Å²) in [6, 6.07) is 4.45. The summed E-state index contributed by atoms with van der Waals surface area (Å²) in [5.41, 5.74) is 0.125. The summed E-state index contributed by atoms with van der Waals surface area (Å²) >= 11 is 0. The lowest BCUT2D eigenvalue weighted by Gasteiger charge is -2.13. The lowest BCUT2D eigenvalue weighted by Crippen LogP contribution is -2.22. The summed E-state index contributed by atoms with van der Waals surface area (Å²) in [7, 11) is 0. The highest BCUT2D eigenvalue weighted by molar-refractivity contribution is 5.76. The molecule has 1 aromatic heterocycles. The number of rotatable bonds is 3. The molecule has 1 aliphatic heterocycles. The van der Waals surface area contributed by atoms with E-state index in [0.717, 1.165) is 5.56 Å². The normalized spacial score (nSPS) is 12.7. The van der Waals surface area contributed by atoms with Crippen LogP contribution in [0.25, 0.3) is 0 Å². The second kappa shape index (κ2) is 5.38. The first kappa shape index (κ1) is 15.0. The second-order valence-corrected chi connectivity index (χ2v) is 5.32. The zero-order chi connectivity index (χ0) is 16.7. The number of halogens is 1. The molecule has 2 heterocycles. The Balaban J connectivity index is 2.21. The van der Waals surface area contributed by atoms with Gasteiger partial charge in [-0.05, 0) is 31.5 Å². The first-order chi connectivity index (χ1) is 10.9. The average Bonchev–Trinajstić information content (AvgIpc) is 2.96. The third-order valence-corrected chi connectivity index (χ3v) is 3.75. The van der Waals surface area contributed by atoms with Crippen LogP contribution in [0.15, 0.2) is 23.0 Å². The van der Waals surface area contributed by atoms with Crippen molar-refractivity contribution in [1.82, 2.24) is 4.57 Å². The van der Waals surface area contributed by atoms with Crippen molar-refractivity contribution in [3.8, 4) is 5.88 Å². The molecule has 0 atom stereocenters. The molecule has 0 radical (unpaired) electrons. The molecule has 23 heavy (non-hydrogen) atoms. The van der Waals surface area contributed by atoms with Crippen LogP contribution in [-0.4, -0.2) is 16.1 Å². The first-order valence-electron chi connectivity index (χ1n) is 6.98. The highest BCUT2D eigenvalue weighted by Crippen LogP contribution is 2.39. The molecule has 2 aromatic rings. The van der Waals surface area contributed by atoms with E-state index in [2.05, 4.69) is 5.32 Å². The zero-order valence-corrected chi connectivity index (χ0v) is 12.6. The number of nitrogens with one attached hydrogen (secondary N) is 1. The molecule has 0 saturated heterocycles. The Morgan fingerprint density at radius 1 is 1.39 bits per heavy atom. The maximum atomic E-state index is 14.0. The molecule has 1 aromatic carbocycles. The maximum absolute atomic E-state index is 14.0. The van der Waals surface area contributed by atoms with Crippen LogP contribution in [0.3, 0.4) is 0 Å². The van der Waals surface area contributed by atoms with Crippen LogP contribution < -0.4 is 15.6 Å². The van der Waals surface area contributed by atoms with E-state index in [1.807, 2.05) is 0 Å². The zero-order valence-electron chi connectivity index (χ0n) is 12.6. The van der Waals surface area contributed by atoms with Crippen LogP contribution in [0.1, 0.15) is 11.1 Å². The first-order valence-corrected chi connectivity index (χ1v) is 6.98. The van der Waals surface area contributed by atoms with Gasteiger partial charge in [-0.15, -0.1) is 0 Å². The van der Waals surface area contributed by atoms with Crippen molar-refractivity contribution in [2.24, 2.45) is 0 Å². The van der Waals surface area contributed by atoms with Gasteiger partial charge in [-0.25, -0.2) is 4.39 Å². The van der Waals surface area contributed by atoms with Gasteiger partial charge in [0.1, 0.15) is 18.1 Å². The third-order valence-electron chi connectivity index (χ3n) is 3.75. The van der Waals surface area contributed by atoms with E-state index in [9.17, 15) is 19.3 Å². The minimum Gasteiger partial charge on any atom is -0.472 e. The van der Waals surface area contributed by atoms with E-state index >= 15 is 0 Å². The fourth-order valence-electron chi connectivity index (χ4n) is 2.58. The molecule has 0 spiro atoms. The lowest BCUT2D eigenvalue weighted by molar-refractivity contribution is -0.385. The fraction of sp³-hybridized carbons (Fsp3) is 0.267. The minimum atomic E-state index is -0.627. The van der Waals surface area contributed by atoms with Crippen molar-refractivity contribution in [3.05, 3.63) is 55.6 Å². The van der Waals surface area contributed by atoms with Crippen LogP contribution >= 0.6 is 0 Å². The summed E-state index contributed by atoms with van der Waals surface area (Å²) in [6.07, 6.45) is 0. The Morgan fingerprint density at radius 2 is 2.13 bits per heavy atom. The second-order valence-electron chi connectivity index (χ2n) is 5.32. The smallest absolute Gasteiger partial charge is 0.352 e. The summed E-state index contributed by atoms with van der Waals surface area (Å²) in [6.45, 7) is 3.65. The van der Waals surface area contributed by atoms with Crippen LogP contribution in [-0.2, 0) is 6.54 Å². The van der Waals surface area contributed by atoms with Crippen LogP contribution in [0, 0.1) is 29.8 Å². The minimum absolute atomic E-state index is 0.0455. The van der Waals surface area contributed by atoms with Crippen molar-refractivity contribution in [2.75, 3.05) is 11.9 Å². The molecule has 0 bridgehead atoms. The molecular formula is C15H14FN3O4. The van der Waals surface area contributed by atoms with E-state index in [-0.39, 0.29) is 41.7 Å². The number of benzene rings is 1. The summed E-state index contributed by atoms with van der Waals surface area (Å²) in [5, 5.41) is 14.1. The molecule has 120 valence electrons. The lowest BCUT2D eigenvalue weighted by atomic mass is 10.1. The summed E-state index contributed by atoms with van der Waals surface area (Å²) < 4.78 is 20.5. The van der Waals surface area contributed by atoms with Gasteiger partial charge >= 0.3 is 5.69 Å². The number of nitro groups is 1. The maximum Gasteiger partial charge on any atom is 0.352 e. The van der Waals surface area contributed by atoms with Crippen LogP contribution in [0.2, 0.25) is 0 Å². The number of ether oxygens (including phenoxy) is 1. The number of hydrogen-bond acceptors (Lipinski definition) is 5. The van der Waals surface area contributed by atoms with Crippen molar-refractivity contribution in [2.45, 2.75) is 20.4 Å². The van der Waals surface area contributed by atoms with Gasteiger partial charge < -0.3 is 10.1 Å². The van der Waals surface area contributed by atoms with Crippen LogP contribution in [0.5, 0.6) is 5.88 Å². The Kier molecular flexibility index (Phi) is 3.51. The molecule has 3 rings (SSSR count). The van der Waals surface area contributed by atoms with E-state index in [4.69, 9.17) is 4.74 Å². The predicted octanol–water partition coefficient (Wildman–Crippen LogP) is 2.65. The van der Waals surface area contributed by atoms with Gasteiger partial charge in [0.05, 0.1) is 17.2 Å². The van der Waals surface area contributed by atoms with Crippen molar-refractivity contribution in [3.63, 3.8) is 0 Å². The van der Waals surface area contributed by atoms with Gasteiger partial charge in [0.2, 0.25) is 0 Å². The highest BCUT2D eigenvalue weighted by atomic mass is 19.1. The molecule has 1 aliphatic rings. The third kappa shape index (κ3) is 2.41. The molecule has 1 N–H and O–H groups in total. The number of aromatic nitrogens is 1. The van der Waals surface area contributed by atoms with Crippen LogP contribution in [0.4, 0.5) is 21.5 Å². The summed E-state index contributed by atoms with van der Waals surface area (Å²) in [5.74, 6) is -0.652. The number of fused-ring (bicyclic) bond motifs is 1. The fourth-order valence-corrected chi connectivity index (χ4v) is 2.58.